The Morgan fingerprint density at radius 1 is 0.329 bits per heavy atom. The van der Waals surface area contributed by atoms with Gasteiger partial charge in [0.15, 0.2) is 0 Å². The van der Waals surface area contributed by atoms with Crippen molar-refractivity contribution in [3.63, 3.8) is 0 Å². The third-order valence-electron chi connectivity index (χ3n) is 21.1. The van der Waals surface area contributed by atoms with Gasteiger partial charge in [0.05, 0.1) is 11.1 Å². The molecule has 4 fully saturated rings. The third-order valence-corrected chi connectivity index (χ3v) is 21.1. The first-order valence-corrected chi connectivity index (χ1v) is 28.3. The van der Waals surface area contributed by atoms with E-state index in [0.717, 1.165) is 0 Å². The van der Waals surface area contributed by atoms with E-state index >= 15 is 0 Å². The highest BCUT2D eigenvalue weighted by atomic mass is 15.1. The van der Waals surface area contributed by atoms with Gasteiger partial charge in [-0.2, -0.15) is 0 Å². The minimum absolute atomic E-state index is 0.135. The van der Waals surface area contributed by atoms with Crippen molar-refractivity contribution in [3.8, 4) is 44.5 Å². The Morgan fingerprint density at radius 2 is 0.753 bits per heavy atom. The Morgan fingerprint density at radius 3 is 1.33 bits per heavy atom. The molecule has 7 aliphatic rings. The van der Waals surface area contributed by atoms with E-state index in [9.17, 15) is 0 Å². The van der Waals surface area contributed by atoms with Gasteiger partial charge in [-0.3, -0.25) is 0 Å². The van der Waals surface area contributed by atoms with Crippen LogP contribution in [0.2, 0.25) is 0 Å². The lowest BCUT2D eigenvalue weighted by Gasteiger charge is -2.35. The number of anilines is 3. The van der Waals surface area contributed by atoms with Crippen molar-refractivity contribution in [1.82, 2.24) is 0 Å². The van der Waals surface area contributed by atoms with Gasteiger partial charge in [0.1, 0.15) is 0 Å². The highest BCUT2D eigenvalue weighted by molar-refractivity contribution is 5.98. The van der Waals surface area contributed by atoms with Crippen LogP contribution in [0.5, 0.6) is 0 Å². The average molecular weight is 948 g/mol. The Bertz CT molecular complexity index is 3470. The highest BCUT2D eigenvalue weighted by Crippen LogP contribution is 2.67. The van der Waals surface area contributed by atoms with Gasteiger partial charge in [-0.25, -0.2) is 0 Å². The Labute approximate surface area is 434 Å². The van der Waals surface area contributed by atoms with Crippen molar-refractivity contribution in [2.75, 3.05) is 4.90 Å². The first-order chi connectivity index (χ1) is 35.5. The second-order valence-corrected chi connectivity index (χ2v) is 25.6. The molecule has 1 nitrogen and oxygen atoms in total. The molecule has 0 heterocycles. The van der Waals surface area contributed by atoms with Crippen molar-refractivity contribution in [2.45, 2.75) is 139 Å². The van der Waals surface area contributed by atoms with Crippen LogP contribution in [0.15, 0.2) is 176 Å². The minimum Gasteiger partial charge on any atom is -0.310 e. The molecule has 0 bridgehead atoms. The van der Waals surface area contributed by atoms with E-state index in [-0.39, 0.29) is 16.2 Å². The lowest BCUT2D eigenvalue weighted by atomic mass is 9.67. The Balaban J connectivity index is 0.978. The van der Waals surface area contributed by atoms with Crippen LogP contribution in [-0.4, -0.2) is 0 Å². The second kappa shape index (κ2) is 15.6. The molecule has 0 saturated heterocycles. The summed E-state index contributed by atoms with van der Waals surface area (Å²) in [4.78, 5) is 2.60. The molecular formula is C72H69N. The first-order valence-electron chi connectivity index (χ1n) is 28.3. The van der Waals surface area contributed by atoms with Crippen LogP contribution in [0.4, 0.5) is 17.1 Å². The summed E-state index contributed by atoms with van der Waals surface area (Å²) in [5, 5.41) is 0. The number of hydrogen-bond donors (Lipinski definition) is 0. The molecule has 8 aromatic carbocycles. The summed E-state index contributed by atoms with van der Waals surface area (Å²) in [6.45, 7) is 10.1. The van der Waals surface area contributed by atoms with Gasteiger partial charge in [-0.1, -0.05) is 199 Å². The molecule has 2 atom stereocenters. The van der Waals surface area contributed by atoms with Crippen molar-refractivity contribution >= 4 is 17.1 Å². The molecule has 0 radical (unpaired) electrons. The van der Waals surface area contributed by atoms with Crippen LogP contribution < -0.4 is 4.90 Å². The molecule has 4 saturated carbocycles. The smallest absolute Gasteiger partial charge is 0.0726 e. The third kappa shape index (κ3) is 6.21. The molecule has 2 unspecified atom stereocenters. The fraction of sp³-hybridized carbons (Fsp3) is 0.333. The SMILES string of the molecule is CC1(c2ccc3c(c2)C2(c4ccccc4-c4ccc(N(c5ccc6c(c5)C(C)(C)c5ccccc5-6)c5ccccc5-c5ccccc5)cc42)c2cc(C4(C)CCC5(CCCC5)C4)ccc2-3)CCC2(CCCC2)C1. The quantitative estimate of drug-likeness (QED) is 0.161. The van der Waals surface area contributed by atoms with Crippen molar-refractivity contribution < 1.29 is 0 Å². The molecule has 15 rings (SSSR count). The second-order valence-electron chi connectivity index (χ2n) is 25.6. The molecule has 7 aliphatic carbocycles. The van der Waals surface area contributed by atoms with E-state index in [0.29, 0.717) is 10.8 Å². The number of benzene rings is 8. The van der Waals surface area contributed by atoms with Gasteiger partial charge < -0.3 is 4.90 Å². The van der Waals surface area contributed by atoms with Gasteiger partial charge in [0.25, 0.3) is 0 Å². The molecule has 3 spiro atoms. The van der Waals surface area contributed by atoms with Crippen molar-refractivity contribution in [1.29, 1.82) is 0 Å². The maximum Gasteiger partial charge on any atom is 0.0726 e. The molecule has 73 heavy (non-hydrogen) atoms. The normalized spacial score (nSPS) is 24.7. The molecule has 0 aliphatic heterocycles. The number of fused-ring (bicyclic) bond motifs is 13. The topological polar surface area (TPSA) is 3.24 Å². The zero-order valence-corrected chi connectivity index (χ0v) is 43.6. The zero-order valence-electron chi connectivity index (χ0n) is 43.6. The maximum absolute atomic E-state index is 2.76. The van der Waals surface area contributed by atoms with Crippen LogP contribution in [0.25, 0.3) is 44.5 Å². The summed E-state index contributed by atoms with van der Waals surface area (Å²) in [6, 6.07) is 69.5. The van der Waals surface area contributed by atoms with E-state index < -0.39 is 5.41 Å². The molecule has 8 aromatic rings. The maximum atomic E-state index is 2.76. The molecule has 0 amide bonds. The van der Waals surface area contributed by atoms with Crippen LogP contribution in [0.3, 0.4) is 0 Å². The van der Waals surface area contributed by atoms with Crippen molar-refractivity contribution in [3.05, 3.63) is 220 Å². The van der Waals surface area contributed by atoms with Gasteiger partial charge in [-0.15, -0.1) is 0 Å². The van der Waals surface area contributed by atoms with Gasteiger partial charge in [0.2, 0.25) is 0 Å². The largest absolute Gasteiger partial charge is 0.310 e. The molecule has 0 N–H and O–H groups in total. The predicted molar refractivity (Wildman–Crippen MR) is 305 cm³/mol. The van der Waals surface area contributed by atoms with Crippen LogP contribution in [-0.2, 0) is 21.7 Å². The van der Waals surface area contributed by atoms with E-state index in [4.69, 9.17) is 0 Å². The lowest BCUT2D eigenvalue weighted by Crippen LogP contribution is -2.28. The fourth-order valence-electron chi connectivity index (χ4n) is 17.5. The standard InChI is InChI=1S/C72H69N/c1-67(2)60-23-11-8-21-54(60)56-32-28-51(44-62(56)67)73(66-25-13-10-20-53(66)48-18-6-5-7-19-48)52-29-33-59-55-22-9-12-24-61(55)72(65(59)45-52)63-42-49(68(3)38-40-70(46-68)34-14-15-35-70)26-30-57(63)58-31-27-50(43-64(58)72)69(4)39-41-71(47-69)36-16-17-37-71/h5-13,18-33,42-45H,14-17,34-41,46-47H2,1-4H3. The lowest BCUT2D eigenvalue weighted by molar-refractivity contribution is 0.286. The molecule has 0 aromatic heterocycles. The fourth-order valence-corrected chi connectivity index (χ4v) is 17.5. The van der Waals surface area contributed by atoms with E-state index in [2.05, 4.69) is 209 Å². The summed E-state index contributed by atoms with van der Waals surface area (Å²) in [5.74, 6) is 0. The highest BCUT2D eigenvalue weighted by Gasteiger charge is 2.55. The summed E-state index contributed by atoms with van der Waals surface area (Å²) in [7, 11) is 0. The number of para-hydroxylation sites is 1. The Kier molecular flexibility index (Phi) is 9.39. The zero-order chi connectivity index (χ0) is 49.0. The number of nitrogens with zero attached hydrogens (tertiary/aromatic N) is 1. The minimum atomic E-state index is -0.481. The number of rotatable bonds is 6. The summed E-state index contributed by atoms with van der Waals surface area (Å²) in [5.41, 5.74) is 26.8. The van der Waals surface area contributed by atoms with Crippen molar-refractivity contribution in [2.24, 2.45) is 10.8 Å². The first kappa shape index (κ1) is 44.1. The number of hydrogen-bond acceptors (Lipinski definition) is 1. The molecular weight excluding hydrogens is 879 g/mol. The average Bonchev–Trinajstić information content (AvgIpc) is 4.32. The van der Waals surface area contributed by atoms with Crippen LogP contribution in [0.1, 0.15) is 162 Å². The van der Waals surface area contributed by atoms with E-state index in [1.54, 1.807) is 11.1 Å². The van der Waals surface area contributed by atoms with Crippen LogP contribution in [0, 0.1) is 10.8 Å². The Hall–Kier alpha value is -6.44. The van der Waals surface area contributed by atoms with E-state index in [1.807, 2.05) is 0 Å². The molecule has 362 valence electrons. The van der Waals surface area contributed by atoms with E-state index in [1.165, 1.54) is 185 Å². The van der Waals surface area contributed by atoms with Gasteiger partial charge in [0, 0.05) is 22.4 Å². The monoisotopic (exact) mass is 948 g/mol. The van der Waals surface area contributed by atoms with Gasteiger partial charge >= 0.3 is 0 Å². The molecule has 1 heteroatoms. The summed E-state index contributed by atoms with van der Waals surface area (Å²) < 4.78 is 0. The summed E-state index contributed by atoms with van der Waals surface area (Å²) in [6.07, 6.45) is 19.2. The predicted octanol–water partition coefficient (Wildman–Crippen LogP) is 19.5. The van der Waals surface area contributed by atoms with Gasteiger partial charge in [-0.05, 0) is 200 Å². The van der Waals surface area contributed by atoms with Crippen LogP contribution >= 0.6 is 0 Å². The summed E-state index contributed by atoms with van der Waals surface area (Å²) >= 11 is 0.